The molecule has 94 valence electrons. The van der Waals surface area contributed by atoms with Crippen LogP contribution in [-0.4, -0.2) is 35.7 Å². The Morgan fingerprint density at radius 2 is 2.06 bits per heavy atom. The fraction of sp³-hybridized carbons (Fsp3) is 0.917. The maximum absolute atomic E-state index is 11.6. The molecule has 0 bridgehead atoms. The second-order valence-corrected chi connectivity index (χ2v) is 5.05. The van der Waals surface area contributed by atoms with Crippen molar-refractivity contribution in [3.8, 4) is 0 Å². The third-order valence-electron chi connectivity index (χ3n) is 3.13. The third-order valence-corrected chi connectivity index (χ3v) is 3.13. The molecular formula is C12H24N2O2. The Morgan fingerprint density at radius 1 is 1.38 bits per heavy atom. The number of aliphatic hydroxyl groups is 1. The summed E-state index contributed by atoms with van der Waals surface area (Å²) < 4.78 is 0. The Morgan fingerprint density at radius 3 is 2.56 bits per heavy atom. The van der Waals surface area contributed by atoms with Gasteiger partial charge in [-0.3, -0.25) is 4.79 Å². The normalized spacial score (nSPS) is 27.1. The summed E-state index contributed by atoms with van der Waals surface area (Å²) in [5, 5.41) is 15.7. The SMILES string of the molecule is CC(C)NC(=O)C(C)NCC1CCCC1O. The fourth-order valence-corrected chi connectivity index (χ4v) is 2.09. The molecule has 0 heterocycles. The van der Waals surface area contributed by atoms with Crippen LogP contribution in [0.4, 0.5) is 0 Å². The molecule has 1 aliphatic carbocycles. The van der Waals surface area contributed by atoms with Crippen molar-refractivity contribution in [1.82, 2.24) is 10.6 Å². The van der Waals surface area contributed by atoms with Gasteiger partial charge in [-0.2, -0.15) is 0 Å². The number of carbonyl (C=O) groups is 1. The van der Waals surface area contributed by atoms with E-state index in [1.165, 1.54) is 0 Å². The second kappa shape index (κ2) is 6.21. The summed E-state index contributed by atoms with van der Waals surface area (Å²) in [4.78, 5) is 11.6. The van der Waals surface area contributed by atoms with Crippen LogP contribution >= 0.6 is 0 Å². The van der Waals surface area contributed by atoms with Gasteiger partial charge in [0.25, 0.3) is 0 Å². The van der Waals surface area contributed by atoms with Crippen molar-refractivity contribution in [3.63, 3.8) is 0 Å². The fourth-order valence-electron chi connectivity index (χ4n) is 2.09. The minimum atomic E-state index is -0.187. The van der Waals surface area contributed by atoms with Crippen LogP contribution in [0.2, 0.25) is 0 Å². The highest BCUT2D eigenvalue weighted by atomic mass is 16.3. The Balaban J connectivity index is 2.23. The number of rotatable bonds is 5. The van der Waals surface area contributed by atoms with Crippen LogP contribution in [0, 0.1) is 5.92 Å². The molecule has 0 aromatic carbocycles. The largest absolute Gasteiger partial charge is 0.393 e. The van der Waals surface area contributed by atoms with E-state index in [4.69, 9.17) is 0 Å². The maximum Gasteiger partial charge on any atom is 0.237 e. The molecule has 1 fully saturated rings. The van der Waals surface area contributed by atoms with Crippen molar-refractivity contribution in [2.75, 3.05) is 6.54 Å². The van der Waals surface area contributed by atoms with E-state index in [1.807, 2.05) is 20.8 Å². The topological polar surface area (TPSA) is 61.4 Å². The summed E-state index contributed by atoms with van der Waals surface area (Å²) in [7, 11) is 0. The van der Waals surface area contributed by atoms with Gasteiger partial charge in [-0.25, -0.2) is 0 Å². The molecule has 1 rings (SSSR count). The Bertz CT molecular complexity index is 231. The first-order valence-corrected chi connectivity index (χ1v) is 6.22. The van der Waals surface area contributed by atoms with E-state index >= 15 is 0 Å². The molecule has 4 heteroatoms. The second-order valence-electron chi connectivity index (χ2n) is 5.05. The highest BCUT2D eigenvalue weighted by Gasteiger charge is 2.25. The number of hydrogen-bond acceptors (Lipinski definition) is 3. The summed E-state index contributed by atoms with van der Waals surface area (Å²) in [5.74, 6) is 0.344. The average molecular weight is 228 g/mol. The first kappa shape index (κ1) is 13.5. The van der Waals surface area contributed by atoms with E-state index < -0.39 is 0 Å². The lowest BCUT2D eigenvalue weighted by molar-refractivity contribution is -0.123. The van der Waals surface area contributed by atoms with Gasteiger partial charge in [-0.15, -0.1) is 0 Å². The molecule has 1 aliphatic rings. The Kier molecular flexibility index (Phi) is 5.22. The molecule has 3 unspecified atom stereocenters. The molecule has 0 aromatic heterocycles. The first-order chi connectivity index (χ1) is 7.50. The van der Waals surface area contributed by atoms with E-state index in [2.05, 4.69) is 10.6 Å². The molecule has 1 saturated carbocycles. The van der Waals surface area contributed by atoms with Crippen molar-refractivity contribution in [1.29, 1.82) is 0 Å². The van der Waals surface area contributed by atoms with Crippen molar-refractivity contribution >= 4 is 5.91 Å². The van der Waals surface area contributed by atoms with Crippen molar-refractivity contribution in [2.45, 2.75) is 58.2 Å². The monoisotopic (exact) mass is 228 g/mol. The summed E-state index contributed by atoms with van der Waals surface area (Å²) in [6.07, 6.45) is 2.87. The van der Waals surface area contributed by atoms with Crippen LogP contribution < -0.4 is 10.6 Å². The van der Waals surface area contributed by atoms with Gasteiger partial charge < -0.3 is 15.7 Å². The van der Waals surface area contributed by atoms with E-state index in [0.29, 0.717) is 5.92 Å². The molecule has 3 N–H and O–H groups in total. The van der Waals surface area contributed by atoms with Gasteiger partial charge in [0.2, 0.25) is 5.91 Å². The van der Waals surface area contributed by atoms with E-state index in [9.17, 15) is 9.90 Å². The number of carbonyl (C=O) groups excluding carboxylic acids is 1. The van der Waals surface area contributed by atoms with Gasteiger partial charge in [0.05, 0.1) is 12.1 Å². The minimum Gasteiger partial charge on any atom is -0.393 e. The van der Waals surface area contributed by atoms with Crippen LogP contribution in [-0.2, 0) is 4.79 Å². The zero-order valence-electron chi connectivity index (χ0n) is 10.5. The summed E-state index contributed by atoms with van der Waals surface area (Å²) in [6.45, 7) is 6.49. The molecule has 0 saturated heterocycles. The smallest absolute Gasteiger partial charge is 0.237 e. The number of hydrogen-bond donors (Lipinski definition) is 3. The predicted octanol–water partition coefficient (Wildman–Crippen LogP) is 0.650. The standard InChI is InChI=1S/C12H24N2O2/c1-8(2)14-12(16)9(3)13-7-10-5-4-6-11(10)15/h8-11,13,15H,4-7H2,1-3H3,(H,14,16). The quantitative estimate of drug-likeness (QED) is 0.647. The molecule has 16 heavy (non-hydrogen) atoms. The highest BCUT2D eigenvalue weighted by Crippen LogP contribution is 2.24. The summed E-state index contributed by atoms with van der Waals surface area (Å²) >= 11 is 0. The van der Waals surface area contributed by atoms with E-state index in [0.717, 1.165) is 25.8 Å². The Hall–Kier alpha value is -0.610. The van der Waals surface area contributed by atoms with Crippen LogP contribution in [0.3, 0.4) is 0 Å². The van der Waals surface area contributed by atoms with Crippen molar-refractivity contribution < 1.29 is 9.90 Å². The zero-order chi connectivity index (χ0) is 12.1. The van der Waals surface area contributed by atoms with Crippen LogP contribution in [0.25, 0.3) is 0 Å². The predicted molar refractivity (Wildman–Crippen MR) is 64.1 cm³/mol. The van der Waals surface area contributed by atoms with Gasteiger partial charge in [-0.1, -0.05) is 6.42 Å². The van der Waals surface area contributed by atoms with Crippen LogP contribution in [0.1, 0.15) is 40.0 Å². The number of amides is 1. The molecule has 0 aromatic rings. The van der Waals surface area contributed by atoms with E-state index in [-0.39, 0.29) is 24.1 Å². The molecule has 0 radical (unpaired) electrons. The van der Waals surface area contributed by atoms with Gasteiger partial charge in [0, 0.05) is 12.6 Å². The molecule has 0 spiro atoms. The minimum absolute atomic E-state index is 0.0301. The summed E-state index contributed by atoms with van der Waals surface area (Å²) in [5.41, 5.74) is 0. The van der Waals surface area contributed by atoms with Gasteiger partial charge in [0.1, 0.15) is 0 Å². The van der Waals surface area contributed by atoms with Gasteiger partial charge in [-0.05, 0) is 39.5 Å². The maximum atomic E-state index is 11.6. The van der Waals surface area contributed by atoms with Crippen molar-refractivity contribution in [3.05, 3.63) is 0 Å². The van der Waals surface area contributed by atoms with Gasteiger partial charge in [0.15, 0.2) is 0 Å². The van der Waals surface area contributed by atoms with E-state index in [1.54, 1.807) is 0 Å². The average Bonchev–Trinajstić information content (AvgIpc) is 2.59. The third kappa shape index (κ3) is 4.10. The van der Waals surface area contributed by atoms with Crippen molar-refractivity contribution in [2.24, 2.45) is 5.92 Å². The first-order valence-electron chi connectivity index (χ1n) is 6.22. The molecule has 3 atom stereocenters. The van der Waals surface area contributed by atoms with Crippen LogP contribution in [0.5, 0.6) is 0 Å². The summed E-state index contributed by atoms with van der Waals surface area (Å²) in [6, 6.07) is -0.0102. The molecular weight excluding hydrogens is 204 g/mol. The highest BCUT2D eigenvalue weighted by molar-refractivity contribution is 5.81. The lowest BCUT2D eigenvalue weighted by atomic mass is 10.1. The van der Waals surface area contributed by atoms with Gasteiger partial charge >= 0.3 is 0 Å². The van der Waals surface area contributed by atoms with Crippen LogP contribution in [0.15, 0.2) is 0 Å². The lowest BCUT2D eigenvalue weighted by Gasteiger charge is -2.20. The lowest BCUT2D eigenvalue weighted by Crippen LogP contribution is -2.46. The molecule has 4 nitrogen and oxygen atoms in total. The molecule has 0 aliphatic heterocycles. The number of nitrogens with one attached hydrogen (secondary N) is 2. The number of aliphatic hydroxyl groups excluding tert-OH is 1. The molecule has 1 amide bonds. The Labute approximate surface area is 97.8 Å². The zero-order valence-corrected chi connectivity index (χ0v) is 10.5.